The molecule has 1 rings (SSSR count). The Balaban J connectivity index is 3.19. The number of nitrogen functional groups attached to an aromatic ring is 1. The Bertz CT molecular complexity index is 499. The van der Waals surface area contributed by atoms with Crippen molar-refractivity contribution in [2.75, 3.05) is 30.8 Å². The molecule has 20 heavy (non-hydrogen) atoms. The molecule has 0 saturated carbocycles. The van der Waals surface area contributed by atoms with Gasteiger partial charge in [0.15, 0.2) is 0 Å². The second-order valence-electron chi connectivity index (χ2n) is 4.52. The molecule has 0 saturated heterocycles. The Labute approximate surface area is 123 Å². The number of anilines is 2. The van der Waals surface area contributed by atoms with E-state index in [1.807, 2.05) is 18.9 Å². The van der Waals surface area contributed by atoms with Crippen molar-refractivity contribution in [1.82, 2.24) is 5.32 Å². The first-order valence-corrected chi connectivity index (χ1v) is 7.47. The molecule has 0 aliphatic heterocycles. The number of nitrogens with zero attached hydrogens (tertiary/aromatic N) is 1. The van der Waals surface area contributed by atoms with Crippen LogP contribution in [-0.4, -0.2) is 32.0 Å². The molecule has 0 aliphatic rings. The molecular formula is C13H22N4O2S. The zero-order valence-electron chi connectivity index (χ0n) is 12.2. The summed E-state index contributed by atoms with van der Waals surface area (Å²) in [6.07, 6.45) is 2.03. The summed E-state index contributed by atoms with van der Waals surface area (Å²) in [5.41, 5.74) is 11.7. The summed E-state index contributed by atoms with van der Waals surface area (Å²) in [4.78, 5) is 25.8. The zero-order chi connectivity index (χ0) is 15.3. The Morgan fingerprint density at radius 2 is 2.00 bits per heavy atom. The maximum atomic E-state index is 11.9. The van der Waals surface area contributed by atoms with Crippen molar-refractivity contribution >= 4 is 33.8 Å². The molecule has 0 unspecified atom stereocenters. The van der Waals surface area contributed by atoms with Crippen LogP contribution in [0.3, 0.4) is 0 Å². The number of unbranched alkanes of at least 4 members (excludes halogenated alkanes) is 1. The monoisotopic (exact) mass is 298 g/mol. The lowest BCUT2D eigenvalue weighted by molar-refractivity contribution is 0.0960. The number of hydrogen-bond acceptors (Lipinski definition) is 5. The SMILES string of the molecule is CCCCN(C)c1sc(C(=O)NCC)c(N)c1C(N)=O. The predicted molar refractivity (Wildman–Crippen MR) is 83.4 cm³/mol. The number of thiophene rings is 1. The third-order valence-corrected chi connectivity index (χ3v) is 4.23. The van der Waals surface area contributed by atoms with Crippen LogP contribution in [0.4, 0.5) is 10.7 Å². The van der Waals surface area contributed by atoms with E-state index in [9.17, 15) is 9.59 Å². The molecule has 0 atom stereocenters. The summed E-state index contributed by atoms with van der Waals surface area (Å²) < 4.78 is 0. The van der Waals surface area contributed by atoms with Crippen LogP contribution in [0.15, 0.2) is 0 Å². The number of rotatable bonds is 7. The average Bonchev–Trinajstić information content (AvgIpc) is 2.74. The predicted octanol–water partition coefficient (Wildman–Crippen LogP) is 1.42. The van der Waals surface area contributed by atoms with Crippen molar-refractivity contribution in [1.29, 1.82) is 0 Å². The topological polar surface area (TPSA) is 101 Å². The van der Waals surface area contributed by atoms with Gasteiger partial charge >= 0.3 is 0 Å². The number of nitrogens with two attached hydrogens (primary N) is 2. The van der Waals surface area contributed by atoms with Crippen LogP contribution < -0.4 is 21.7 Å². The molecule has 0 bridgehead atoms. The lowest BCUT2D eigenvalue weighted by Gasteiger charge is -2.17. The van der Waals surface area contributed by atoms with Crippen LogP contribution in [0.25, 0.3) is 0 Å². The van der Waals surface area contributed by atoms with Gasteiger partial charge in [0, 0.05) is 20.1 Å². The van der Waals surface area contributed by atoms with Gasteiger partial charge < -0.3 is 21.7 Å². The summed E-state index contributed by atoms with van der Waals surface area (Å²) in [7, 11) is 1.87. The van der Waals surface area contributed by atoms with Crippen molar-refractivity contribution < 1.29 is 9.59 Å². The van der Waals surface area contributed by atoms with E-state index in [0.717, 1.165) is 19.4 Å². The van der Waals surface area contributed by atoms with Gasteiger partial charge in [-0.15, -0.1) is 11.3 Å². The standard InChI is InChI=1S/C13H22N4O2S/c1-4-6-7-17(3)13-8(11(15)18)9(14)10(20-13)12(19)16-5-2/h4-7,14H2,1-3H3,(H2,15,18)(H,16,19). The second-order valence-corrected chi connectivity index (χ2v) is 5.52. The highest BCUT2D eigenvalue weighted by molar-refractivity contribution is 7.19. The molecule has 0 spiro atoms. The van der Waals surface area contributed by atoms with Crippen LogP contribution in [0.5, 0.6) is 0 Å². The molecule has 1 aromatic heterocycles. The van der Waals surface area contributed by atoms with E-state index in [2.05, 4.69) is 12.2 Å². The third-order valence-electron chi connectivity index (χ3n) is 2.91. The smallest absolute Gasteiger partial charge is 0.263 e. The van der Waals surface area contributed by atoms with Crippen LogP contribution in [0, 0.1) is 0 Å². The molecule has 0 aromatic carbocycles. The molecule has 2 amide bonds. The quantitative estimate of drug-likeness (QED) is 0.708. The van der Waals surface area contributed by atoms with Gasteiger partial charge in [0.1, 0.15) is 9.88 Å². The summed E-state index contributed by atoms with van der Waals surface area (Å²) in [6.45, 7) is 5.20. The minimum atomic E-state index is -0.604. The number of nitrogens with one attached hydrogen (secondary N) is 1. The minimum Gasteiger partial charge on any atom is -0.397 e. The highest BCUT2D eigenvalue weighted by Crippen LogP contribution is 2.37. The van der Waals surface area contributed by atoms with E-state index in [0.29, 0.717) is 16.4 Å². The average molecular weight is 298 g/mol. The number of carbonyl (C=O) groups excluding carboxylic acids is 2. The second kappa shape index (κ2) is 7.14. The van der Waals surface area contributed by atoms with Crippen molar-refractivity contribution in [2.45, 2.75) is 26.7 Å². The van der Waals surface area contributed by atoms with E-state index in [1.54, 1.807) is 0 Å². The fourth-order valence-corrected chi connectivity index (χ4v) is 2.97. The first-order valence-electron chi connectivity index (χ1n) is 6.65. The molecule has 0 fully saturated rings. The molecule has 7 heteroatoms. The molecule has 0 radical (unpaired) electrons. The van der Waals surface area contributed by atoms with Gasteiger partial charge in [0.2, 0.25) is 0 Å². The van der Waals surface area contributed by atoms with Crippen LogP contribution >= 0.6 is 11.3 Å². The highest BCUT2D eigenvalue weighted by Gasteiger charge is 2.25. The van der Waals surface area contributed by atoms with Gasteiger partial charge in [0.05, 0.1) is 11.3 Å². The zero-order valence-corrected chi connectivity index (χ0v) is 13.0. The lowest BCUT2D eigenvalue weighted by Crippen LogP contribution is -2.23. The minimum absolute atomic E-state index is 0.173. The molecule has 5 N–H and O–H groups in total. The number of carbonyl (C=O) groups is 2. The summed E-state index contributed by atoms with van der Waals surface area (Å²) in [6, 6.07) is 0. The summed E-state index contributed by atoms with van der Waals surface area (Å²) >= 11 is 1.21. The fraction of sp³-hybridized carbons (Fsp3) is 0.538. The third kappa shape index (κ3) is 3.41. The molecule has 1 heterocycles. The molecule has 6 nitrogen and oxygen atoms in total. The number of primary amides is 1. The molecule has 112 valence electrons. The molecular weight excluding hydrogens is 276 g/mol. The Morgan fingerprint density at radius 3 is 2.50 bits per heavy atom. The van der Waals surface area contributed by atoms with Gasteiger partial charge in [-0.05, 0) is 13.3 Å². The fourth-order valence-electron chi connectivity index (χ4n) is 1.84. The maximum Gasteiger partial charge on any atom is 0.263 e. The Morgan fingerprint density at radius 1 is 1.35 bits per heavy atom. The van der Waals surface area contributed by atoms with Crippen molar-refractivity contribution in [3.8, 4) is 0 Å². The van der Waals surface area contributed by atoms with Crippen LogP contribution in [0.2, 0.25) is 0 Å². The van der Waals surface area contributed by atoms with Gasteiger partial charge in [-0.1, -0.05) is 13.3 Å². The van der Waals surface area contributed by atoms with Gasteiger partial charge in [-0.2, -0.15) is 0 Å². The Hall–Kier alpha value is -1.76. The van der Waals surface area contributed by atoms with Crippen molar-refractivity contribution in [3.63, 3.8) is 0 Å². The normalized spacial score (nSPS) is 10.3. The lowest BCUT2D eigenvalue weighted by atomic mass is 10.2. The number of amides is 2. The highest BCUT2D eigenvalue weighted by atomic mass is 32.1. The van der Waals surface area contributed by atoms with Crippen LogP contribution in [0.1, 0.15) is 46.7 Å². The summed E-state index contributed by atoms with van der Waals surface area (Å²) in [5, 5.41) is 3.34. The molecule has 1 aromatic rings. The maximum absolute atomic E-state index is 11.9. The summed E-state index contributed by atoms with van der Waals surface area (Å²) in [5.74, 6) is -0.875. The van der Waals surface area contributed by atoms with Crippen molar-refractivity contribution in [2.24, 2.45) is 5.73 Å². The van der Waals surface area contributed by atoms with Crippen LogP contribution in [-0.2, 0) is 0 Å². The van der Waals surface area contributed by atoms with Gasteiger partial charge in [-0.25, -0.2) is 0 Å². The van der Waals surface area contributed by atoms with Gasteiger partial charge in [0.25, 0.3) is 11.8 Å². The van der Waals surface area contributed by atoms with E-state index in [-0.39, 0.29) is 17.2 Å². The molecule has 0 aliphatic carbocycles. The first kappa shape index (κ1) is 16.3. The first-order chi connectivity index (χ1) is 9.43. The van der Waals surface area contributed by atoms with E-state index < -0.39 is 5.91 Å². The van der Waals surface area contributed by atoms with Crippen molar-refractivity contribution in [3.05, 3.63) is 10.4 Å². The van der Waals surface area contributed by atoms with E-state index >= 15 is 0 Å². The van der Waals surface area contributed by atoms with E-state index in [1.165, 1.54) is 11.3 Å². The van der Waals surface area contributed by atoms with E-state index in [4.69, 9.17) is 11.5 Å². The largest absolute Gasteiger partial charge is 0.397 e. The Kier molecular flexibility index (Phi) is 5.82. The van der Waals surface area contributed by atoms with Gasteiger partial charge in [-0.3, -0.25) is 9.59 Å². The number of hydrogen-bond donors (Lipinski definition) is 3.